The molecule has 0 aliphatic rings. The number of amides is 2. The zero-order valence-electron chi connectivity index (χ0n) is 16.3. The lowest BCUT2D eigenvalue weighted by atomic mass is 10.0. The number of aliphatic hydroxyl groups excluding tert-OH is 1. The Labute approximate surface area is 177 Å². The second-order valence-corrected chi connectivity index (χ2v) is 8.01. The minimum Gasteiger partial charge on any atom is -0.394 e. The molecule has 2 amide bonds. The molecular weight excluding hydrogens is 397 g/mol. The van der Waals surface area contributed by atoms with Crippen LogP contribution in [0.2, 0.25) is 0 Å². The highest BCUT2D eigenvalue weighted by molar-refractivity contribution is 7.21. The van der Waals surface area contributed by atoms with E-state index >= 15 is 0 Å². The molecule has 0 heterocycles. The van der Waals surface area contributed by atoms with Gasteiger partial charge in [0.1, 0.15) is 5.28 Å². The van der Waals surface area contributed by atoms with Crippen molar-refractivity contribution in [2.75, 3.05) is 11.9 Å². The summed E-state index contributed by atoms with van der Waals surface area (Å²) in [5.41, 5.74) is 9.88. The van der Waals surface area contributed by atoms with Crippen molar-refractivity contribution in [2.45, 2.75) is 11.8 Å². The smallest absolute Gasteiger partial charge is 0.251 e. The number of rotatable bonds is 7. The van der Waals surface area contributed by atoms with Crippen molar-refractivity contribution in [3.63, 3.8) is 0 Å². The fourth-order valence-corrected chi connectivity index (χ4v) is 2.83. The average molecular weight is 421 g/mol. The zero-order valence-corrected chi connectivity index (χ0v) is 17.5. The van der Waals surface area contributed by atoms with Crippen molar-refractivity contribution < 1.29 is 14.7 Å². The van der Waals surface area contributed by atoms with Crippen LogP contribution < -0.4 is 16.4 Å². The summed E-state index contributed by atoms with van der Waals surface area (Å²) in [4.78, 5) is 24.4. The minimum atomic E-state index is -1.45. The van der Waals surface area contributed by atoms with Crippen molar-refractivity contribution in [3.8, 4) is 11.1 Å². The van der Waals surface area contributed by atoms with Crippen molar-refractivity contribution >= 4 is 26.7 Å². The Bertz CT molecular complexity index is 1000. The predicted molar refractivity (Wildman–Crippen MR) is 122 cm³/mol. The van der Waals surface area contributed by atoms with E-state index < -0.39 is 17.8 Å². The number of anilines is 1. The van der Waals surface area contributed by atoms with E-state index in [-0.39, 0.29) is 5.91 Å². The third-order valence-corrected chi connectivity index (χ3v) is 5.05. The summed E-state index contributed by atoms with van der Waals surface area (Å²) in [5.74, 6) is -0.749. The fraction of sp³-hybridized carbons (Fsp3) is 0.130. The topological polar surface area (TPSA) is 104 Å². The van der Waals surface area contributed by atoms with Crippen molar-refractivity contribution in [1.82, 2.24) is 5.32 Å². The Morgan fingerprint density at radius 3 is 2.10 bits per heavy atom. The van der Waals surface area contributed by atoms with Gasteiger partial charge in [0.25, 0.3) is 11.8 Å². The Morgan fingerprint density at radius 2 is 1.50 bits per heavy atom. The van der Waals surface area contributed by atoms with Crippen LogP contribution in [0.25, 0.3) is 11.1 Å². The molecule has 0 bridgehead atoms. The predicted octanol–water partition coefficient (Wildman–Crippen LogP) is 2.74. The molecule has 7 heteroatoms. The molecule has 1 unspecified atom stereocenters. The first-order valence-corrected chi connectivity index (χ1v) is 9.99. The van der Waals surface area contributed by atoms with Crippen molar-refractivity contribution in [2.24, 2.45) is 5.73 Å². The van der Waals surface area contributed by atoms with Gasteiger partial charge in [-0.1, -0.05) is 54.6 Å². The molecule has 5 N–H and O–H groups in total. The number of aliphatic hydroxyl groups is 1. The lowest BCUT2D eigenvalue weighted by molar-refractivity contribution is -0.119. The molecule has 3 rings (SSSR count). The van der Waals surface area contributed by atoms with Gasteiger partial charge >= 0.3 is 0 Å². The first-order valence-electron chi connectivity index (χ1n) is 9.42. The van der Waals surface area contributed by atoms with Gasteiger partial charge in [0.15, 0.2) is 0 Å². The van der Waals surface area contributed by atoms with Gasteiger partial charge in [0.05, 0.1) is 6.61 Å². The van der Waals surface area contributed by atoms with Crippen LogP contribution in [0.5, 0.6) is 0 Å². The maximum atomic E-state index is 12.4. The Kier molecular flexibility index (Phi) is 6.95. The van der Waals surface area contributed by atoms with Gasteiger partial charge < -0.3 is 21.5 Å². The van der Waals surface area contributed by atoms with Crippen molar-refractivity contribution in [1.29, 1.82) is 0 Å². The van der Waals surface area contributed by atoms with Crippen LogP contribution in [-0.2, 0) is 11.3 Å². The molecule has 3 aromatic carbocycles. The molecular formula is C23H24N3O3P. The molecule has 0 saturated heterocycles. The van der Waals surface area contributed by atoms with E-state index in [1.807, 2.05) is 42.5 Å². The summed E-state index contributed by atoms with van der Waals surface area (Å²) < 4.78 is 0. The number of nitrogens with two attached hydrogens (primary N) is 1. The van der Waals surface area contributed by atoms with Crippen LogP contribution in [0.15, 0.2) is 78.9 Å². The number of hydrogen-bond donors (Lipinski definition) is 4. The normalized spacial score (nSPS) is 12.6. The molecule has 0 fully saturated rings. The van der Waals surface area contributed by atoms with Crippen LogP contribution in [-0.4, -0.2) is 28.8 Å². The zero-order chi connectivity index (χ0) is 21.6. The van der Waals surface area contributed by atoms with E-state index in [1.54, 1.807) is 24.3 Å². The van der Waals surface area contributed by atoms with Gasteiger partial charge in [0.2, 0.25) is 0 Å². The number of benzene rings is 3. The fourth-order valence-electron chi connectivity index (χ4n) is 2.75. The molecule has 0 saturated carbocycles. The summed E-state index contributed by atoms with van der Waals surface area (Å²) in [6.07, 6.45) is 0. The quantitative estimate of drug-likeness (QED) is 0.440. The van der Waals surface area contributed by atoms with Crippen LogP contribution in [0, 0.1) is 0 Å². The standard InChI is InChI=1S/C23H24N3O3P/c24-23(30,15-27)22(29)26-20-12-10-19(11-13-20)21(28)25-14-16-6-8-18(9-7-16)17-4-2-1-3-5-17/h1-13,27H,14-15,24,30H2,(H,25,28)(H,26,29)/t23-/m1/s1. The summed E-state index contributed by atoms with van der Waals surface area (Å²) in [6.45, 7) is -0.0953. The first-order chi connectivity index (χ1) is 14.4. The third-order valence-electron chi connectivity index (χ3n) is 4.60. The molecule has 0 aromatic heterocycles. The highest BCUT2D eigenvalue weighted by Gasteiger charge is 2.27. The Hall–Kier alpha value is -3.05. The number of nitrogens with one attached hydrogen (secondary N) is 2. The largest absolute Gasteiger partial charge is 0.394 e. The van der Waals surface area contributed by atoms with Gasteiger partial charge in [-0.2, -0.15) is 0 Å². The van der Waals surface area contributed by atoms with Crippen molar-refractivity contribution in [3.05, 3.63) is 90.0 Å². The molecule has 3 aromatic rings. The summed E-state index contributed by atoms with van der Waals surface area (Å²) >= 11 is 0. The monoisotopic (exact) mass is 421 g/mol. The SMILES string of the molecule is N[C@@](P)(CO)C(=O)Nc1ccc(C(=O)NCc2ccc(-c3ccccc3)cc2)cc1. The van der Waals surface area contributed by atoms with E-state index in [4.69, 9.17) is 10.8 Å². The second-order valence-electron chi connectivity index (χ2n) is 6.98. The summed E-state index contributed by atoms with van der Waals surface area (Å²) in [7, 11) is 2.11. The van der Waals surface area contributed by atoms with Crippen LogP contribution in [0.3, 0.4) is 0 Å². The maximum Gasteiger partial charge on any atom is 0.251 e. The third kappa shape index (κ3) is 5.51. The molecule has 0 aliphatic carbocycles. The number of carbonyl (C=O) groups excluding carboxylic acids is 2. The lowest BCUT2D eigenvalue weighted by Crippen LogP contribution is -2.48. The summed E-state index contributed by atoms with van der Waals surface area (Å²) in [6, 6.07) is 24.6. The Balaban J connectivity index is 1.55. The minimum absolute atomic E-state index is 0.213. The highest BCUT2D eigenvalue weighted by Crippen LogP contribution is 2.19. The molecule has 30 heavy (non-hydrogen) atoms. The van der Waals surface area contributed by atoms with E-state index in [0.717, 1.165) is 16.7 Å². The van der Waals surface area contributed by atoms with Gasteiger partial charge in [-0.05, 0) is 41.0 Å². The van der Waals surface area contributed by atoms with Gasteiger partial charge in [-0.3, -0.25) is 9.59 Å². The number of carbonyl (C=O) groups is 2. The molecule has 0 radical (unpaired) electrons. The molecule has 154 valence electrons. The van der Waals surface area contributed by atoms with Gasteiger partial charge in [0, 0.05) is 17.8 Å². The second kappa shape index (κ2) is 9.63. The highest BCUT2D eigenvalue weighted by atomic mass is 31.0. The molecule has 6 nitrogen and oxygen atoms in total. The van der Waals surface area contributed by atoms with Crippen LogP contribution >= 0.6 is 9.24 Å². The van der Waals surface area contributed by atoms with Crippen LogP contribution in [0.1, 0.15) is 15.9 Å². The average Bonchev–Trinajstić information content (AvgIpc) is 2.79. The van der Waals surface area contributed by atoms with Gasteiger partial charge in [-0.15, -0.1) is 9.24 Å². The maximum absolute atomic E-state index is 12.4. The van der Waals surface area contributed by atoms with Crippen LogP contribution in [0.4, 0.5) is 5.69 Å². The van der Waals surface area contributed by atoms with E-state index in [2.05, 4.69) is 32.0 Å². The lowest BCUT2D eigenvalue weighted by Gasteiger charge is -2.20. The molecule has 0 aliphatic heterocycles. The summed E-state index contributed by atoms with van der Waals surface area (Å²) in [5, 5.41) is 13.2. The van der Waals surface area contributed by atoms with E-state index in [0.29, 0.717) is 17.8 Å². The van der Waals surface area contributed by atoms with E-state index in [9.17, 15) is 9.59 Å². The van der Waals surface area contributed by atoms with Gasteiger partial charge in [-0.25, -0.2) is 0 Å². The number of hydrogen-bond acceptors (Lipinski definition) is 4. The van der Waals surface area contributed by atoms with E-state index in [1.165, 1.54) is 0 Å². The molecule has 2 atom stereocenters. The Morgan fingerprint density at radius 1 is 0.900 bits per heavy atom. The molecule has 0 spiro atoms. The first kappa shape index (κ1) is 21.7.